The number of carboxylic acids is 1. The summed E-state index contributed by atoms with van der Waals surface area (Å²) < 4.78 is 6.29. The molecule has 3 N–H and O–H groups in total. The first-order chi connectivity index (χ1) is 18.9. The van der Waals surface area contributed by atoms with Gasteiger partial charge in [-0.1, -0.05) is 43.3 Å². The molecule has 0 bridgehead atoms. The number of carboxylic acid groups (broad SMARTS) is 1. The Labute approximate surface area is 231 Å². The molecule has 8 nitrogen and oxygen atoms in total. The molecule has 2 aromatic heterocycles. The highest BCUT2D eigenvalue weighted by molar-refractivity contribution is 7.80. The van der Waals surface area contributed by atoms with Gasteiger partial charge in [-0.05, 0) is 66.7 Å². The number of furan rings is 1. The molecule has 9 heteroatoms. The summed E-state index contributed by atoms with van der Waals surface area (Å²) in [5, 5.41) is 16.3. The Morgan fingerprint density at radius 1 is 1.08 bits per heavy atom. The number of hydrogen-bond acceptors (Lipinski definition) is 5. The van der Waals surface area contributed by atoms with Crippen LogP contribution in [0.25, 0.3) is 11.3 Å². The lowest BCUT2D eigenvalue weighted by molar-refractivity contribution is -0.116. The van der Waals surface area contributed by atoms with E-state index in [0.717, 1.165) is 23.4 Å². The third-order valence-corrected chi connectivity index (χ3v) is 7.11. The van der Waals surface area contributed by atoms with E-state index in [-0.39, 0.29) is 30.0 Å². The van der Waals surface area contributed by atoms with Crippen LogP contribution < -0.4 is 10.6 Å². The number of aromatic nitrogens is 1. The number of amides is 1. The molecule has 5 rings (SSSR count). The molecule has 198 valence electrons. The molecule has 2 aromatic carbocycles. The third kappa shape index (κ3) is 5.68. The van der Waals surface area contributed by atoms with Gasteiger partial charge in [0.25, 0.3) is 0 Å². The number of para-hydroxylation sites is 1. The van der Waals surface area contributed by atoms with Crippen molar-refractivity contribution in [1.29, 1.82) is 0 Å². The van der Waals surface area contributed by atoms with Crippen molar-refractivity contribution in [3.05, 3.63) is 108 Å². The second kappa shape index (κ2) is 11.5. The summed E-state index contributed by atoms with van der Waals surface area (Å²) in [5.41, 5.74) is 3.52. The summed E-state index contributed by atoms with van der Waals surface area (Å²) in [5.74, 6) is 0.0598. The Balaban J connectivity index is 1.41. The monoisotopic (exact) mass is 540 g/mol. The molecular formula is C30H28N4O4S. The number of hydrogen-bond donors (Lipinski definition) is 3. The quantitative estimate of drug-likeness (QED) is 0.235. The number of aromatic carboxylic acids is 1. The molecule has 1 aliphatic rings. The van der Waals surface area contributed by atoms with Crippen molar-refractivity contribution >= 4 is 34.9 Å². The standard InChI is InChI=1S/C30H28N4O4S/c1-2-19-8-3-4-11-22(19)32-26(35)15-17-34-28(27(33-30(34)39)23-12-5-6-16-31-23)25-14-13-24(38-25)20-9-7-10-21(18-20)29(36)37/h3-14,16,18,27-28H,2,15,17H2,1H3,(H,32,35)(H,33,39)(H,36,37)/t27-,28-/m1/s1. The van der Waals surface area contributed by atoms with E-state index in [4.69, 9.17) is 16.6 Å². The van der Waals surface area contributed by atoms with Gasteiger partial charge < -0.3 is 25.1 Å². The number of benzene rings is 2. The van der Waals surface area contributed by atoms with Crippen LogP contribution in [0.15, 0.2) is 89.5 Å². The maximum absolute atomic E-state index is 12.9. The molecule has 2 atom stereocenters. The maximum Gasteiger partial charge on any atom is 0.335 e. The van der Waals surface area contributed by atoms with Crippen LogP contribution in [0.3, 0.4) is 0 Å². The van der Waals surface area contributed by atoms with Crippen LogP contribution in [0.5, 0.6) is 0 Å². The van der Waals surface area contributed by atoms with Crippen LogP contribution >= 0.6 is 12.2 Å². The van der Waals surface area contributed by atoms with Crippen molar-refractivity contribution in [2.75, 3.05) is 11.9 Å². The van der Waals surface area contributed by atoms with E-state index in [2.05, 4.69) is 22.5 Å². The first-order valence-electron chi connectivity index (χ1n) is 12.7. The molecule has 1 saturated heterocycles. The normalized spacial score (nSPS) is 16.6. The minimum absolute atomic E-state index is 0.107. The van der Waals surface area contributed by atoms with Gasteiger partial charge in [0.05, 0.1) is 17.3 Å². The van der Waals surface area contributed by atoms with Gasteiger partial charge in [0.15, 0.2) is 5.11 Å². The van der Waals surface area contributed by atoms with E-state index in [1.807, 2.05) is 59.5 Å². The highest BCUT2D eigenvalue weighted by atomic mass is 32.1. The van der Waals surface area contributed by atoms with Gasteiger partial charge >= 0.3 is 5.97 Å². The van der Waals surface area contributed by atoms with E-state index in [1.165, 1.54) is 6.07 Å². The topological polar surface area (TPSA) is 108 Å². The maximum atomic E-state index is 12.9. The zero-order valence-electron chi connectivity index (χ0n) is 21.3. The Bertz CT molecular complexity index is 1500. The average Bonchev–Trinajstić information content (AvgIpc) is 3.57. The summed E-state index contributed by atoms with van der Waals surface area (Å²) in [6, 6.07) is 23.1. The Hall–Kier alpha value is -4.50. The van der Waals surface area contributed by atoms with Crippen molar-refractivity contribution in [2.45, 2.75) is 31.8 Å². The number of pyridine rings is 1. The zero-order chi connectivity index (χ0) is 27.4. The SMILES string of the molecule is CCc1ccccc1NC(=O)CCN1C(=S)N[C@H](c2ccccn2)[C@H]1c1ccc(-c2cccc(C(=O)O)c2)o1. The number of carbonyl (C=O) groups excluding carboxylic acids is 1. The summed E-state index contributed by atoms with van der Waals surface area (Å²) >= 11 is 5.71. The third-order valence-electron chi connectivity index (χ3n) is 6.76. The van der Waals surface area contributed by atoms with E-state index < -0.39 is 5.97 Å². The fourth-order valence-corrected chi connectivity index (χ4v) is 5.14. The molecule has 0 unspecified atom stereocenters. The van der Waals surface area contributed by atoms with Crippen molar-refractivity contribution < 1.29 is 19.1 Å². The highest BCUT2D eigenvalue weighted by Crippen LogP contribution is 2.40. The van der Waals surface area contributed by atoms with Crippen molar-refractivity contribution in [3.63, 3.8) is 0 Å². The Morgan fingerprint density at radius 3 is 2.67 bits per heavy atom. The second-order valence-corrected chi connectivity index (χ2v) is 9.60. The largest absolute Gasteiger partial charge is 0.478 e. The molecule has 1 amide bonds. The Kier molecular flexibility index (Phi) is 7.69. The van der Waals surface area contributed by atoms with E-state index in [0.29, 0.717) is 28.7 Å². The molecule has 39 heavy (non-hydrogen) atoms. The fourth-order valence-electron chi connectivity index (χ4n) is 4.81. The predicted octanol–water partition coefficient (Wildman–Crippen LogP) is 5.60. The van der Waals surface area contributed by atoms with Gasteiger partial charge in [0.2, 0.25) is 5.91 Å². The van der Waals surface area contributed by atoms with Crippen molar-refractivity contribution in [2.24, 2.45) is 0 Å². The average molecular weight is 541 g/mol. The molecule has 1 aliphatic heterocycles. The number of carbonyl (C=O) groups is 2. The van der Waals surface area contributed by atoms with Gasteiger partial charge in [-0.2, -0.15) is 0 Å². The van der Waals surface area contributed by atoms with Crippen LogP contribution in [-0.4, -0.2) is 38.5 Å². The number of anilines is 1. The summed E-state index contributed by atoms with van der Waals surface area (Å²) in [6.07, 6.45) is 2.77. The second-order valence-electron chi connectivity index (χ2n) is 9.22. The highest BCUT2D eigenvalue weighted by Gasteiger charge is 2.41. The molecule has 1 fully saturated rings. The van der Waals surface area contributed by atoms with Crippen molar-refractivity contribution in [1.82, 2.24) is 15.2 Å². The van der Waals surface area contributed by atoms with Crippen LogP contribution in [-0.2, 0) is 11.2 Å². The number of nitrogens with one attached hydrogen (secondary N) is 2. The van der Waals surface area contributed by atoms with E-state index in [9.17, 15) is 14.7 Å². The molecule has 0 spiro atoms. The predicted molar refractivity (Wildman–Crippen MR) is 152 cm³/mol. The number of aryl methyl sites for hydroxylation is 1. The van der Waals surface area contributed by atoms with E-state index >= 15 is 0 Å². The summed E-state index contributed by atoms with van der Waals surface area (Å²) in [7, 11) is 0. The molecule has 0 aliphatic carbocycles. The first kappa shape index (κ1) is 26.1. The van der Waals surface area contributed by atoms with Crippen LogP contribution in [0, 0.1) is 0 Å². The smallest absolute Gasteiger partial charge is 0.335 e. The first-order valence-corrected chi connectivity index (χ1v) is 13.1. The van der Waals surface area contributed by atoms with Crippen molar-refractivity contribution in [3.8, 4) is 11.3 Å². The summed E-state index contributed by atoms with van der Waals surface area (Å²) in [6.45, 7) is 2.42. The lowest BCUT2D eigenvalue weighted by Gasteiger charge is -2.26. The van der Waals surface area contributed by atoms with Gasteiger partial charge in [-0.15, -0.1) is 0 Å². The van der Waals surface area contributed by atoms with Crippen LogP contribution in [0.2, 0.25) is 0 Å². The fraction of sp³-hybridized carbons (Fsp3) is 0.200. The summed E-state index contributed by atoms with van der Waals surface area (Å²) in [4.78, 5) is 30.9. The number of thiocarbonyl (C=S) groups is 1. The van der Waals surface area contributed by atoms with Gasteiger partial charge in [0, 0.05) is 30.4 Å². The zero-order valence-corrected chi connectivity index (χ0v) is 22.2. The lowest BCUT2D eigenvalue weighted by Crippen LogP contribution is -2.32. The molecule has 4 aromatic rings. The molecule has 0 radical (unpaired) electrons. The number of nitrogens with zero attached hydrogens (tertiary/aromatic N) is 2. The van der Waals surface area contributed by atoms with E-state index in [1.54, 1.807) is 24.4 Å². The molecule has 0 saturated carbocycles. The number of rotatable bonds is 9. The van der Waals surface area contributed by atoms with Gasteiger partial charge in [-0.25, -0.2) is 4.79 Å². The van der Waals surface area contributed by atoms with Gasteiger partial charge in [-0.3, -0.25) is 9.78 Å². The lowest BCUT2D eigenvalue weighted by atomic mass is 10.0. The Morgan fingerprint density at radius 2 is 1.90 bits per heavy atom. The van der Waals surface area contributed by atoms with Crippen LogP contribution in [0.1, 0.15) is 52.8 Å². The molecule has 3 heterocycles. The van der Waals surface area contributed by atoms with Gasteiger partial charge in [0.1, 0.15) is 17.6 Å². The molecular weight excluding hydrogens is 512 g/mol. The minimum atomic E-state index is -1.00. The minimum Gasteiger partial charge on any atom is -0.478 e. The van der Waals surface area contributed by atoms with Crippen LogP contribution in [0.4, 0.5) is 5.69 Å².